The number of ether oxygens (including phenoxy) is 3. The standard InChI is InChI=1S/C19H28N2O5S/c1-12(2)6-7-20-18(22)14-10-27-11-21(14)19(23)13-8-15(24-3)17(26-5)16(9-13)25-4/h8-9,12,14H,6-7,10-11H2,1-5H3,(H,20,22)/t14-/m1/s1. The van der Waals surface area contributed by atoms with Crippen molar-refractivity contribution in [3.05, 3.63) is 17.7 Å². The molecule has 7 nitrogen and oxygen atoms in total. The Labute approximate surface area is 164 Å². The Balaban J connectivity index is 2.19. The molecule has 0 unspecified atom stereocenters. The molecule has 27 heavy (non-hydrogen) atoms. The maximum absolute atomic E-state index is 13.1. The third-order valence-electron chi connectivity index (χ3n) is 4.38. The molecule has 0 aromatic heterocycles. The Kier molecular flexibility index (Phi) is 7.65. The molecule has 0 radical (unpaired) electrons. The van der Waals surface area contributed by atoms with Gasteiger partial charge in [-0.05, 0) is 24.5 Å². The molecule has 1 aliphatic rings. The van der Waals surface area contributed by atoms with Gasteiger partial charge in [-0.2, -0.15) is 0 Å². The van der Waals surface area contributed by atoms with E-state index in [1.165, 1.54) is 21.3 Å². The summed E-state index contributed by atoms with van der Waals surface area (Å²) in [6.45, 7) is 4.83. The van der Waals surface area contributed by atoms with Gasteiger partial charge in [-0.1, -0.05) is 13.8 Å². The zero-order chi connectivity index (χ0) is 20.0. The van der Waals surface area contributed by atoms with Crippen molar-refractivity contribution in [1.29, 1.82) is 0 Å². The molecule has 150 valence electrons. The minimum Gasteiger partial charge on any atom is -0.493 e. The summed E-state index contributed by atoms with van der Waals surface area (Å²) >= 11 is 1.57. The maximum Gasteiger partial charge on any atom is 0.255 e. The number of methoxy groups -OCH3 is 3. The number of amides is 2. The van der Waals surface area contributed by atoms with E-state index in [1.807, 2.05) is 0 Å². The average molecular weight is 397 g/mol. The van der Waals surface area contributed by atoms with Crippen LogP contribution in [-0.4, -0.2) is 62.3 Å². The molecule has 1 aromatic rings. The summed E-state index contributed by atoms with van der Waals surface area (Å²) in [7, 11) is 4.51. The minimum absolute atomic E-state index is 0.110. The molecule has 1 saturated heterocycles. The van der Waals surface area contributed by atoms with E-state index in [0.717, 1.165) is 6.42 Å². The highest BCUT2D eigenvalue weighted by Crippen LogP contribution is 2.39. The smallest absolute Gasteiger partial charge is 0.255 e. The molecule has 1 atom stereocenters. The monoisotopic (exact) mass is 396 g/mol. The van der Waals surface area contributed by atoms with Crippen LogP contribution < -0.4 is 19.5 Å². The molecular formula is C19H28N2O5S. The van der Waals surface area contributed by atoms with Crippen molar-refractivity contribution >= 4 is 23.6 Å². The average Bonchev–Trinajstić information content (AvgIpc) is 3.15. The second-order valence-corrected chi connectivity index (χ2v) is 7.68. The van der Waals surface area contributed by atoms with E-state index in [1.54, 1.807) is 28.8 Å². The summed E-state index contributed by atoms with van der Waals surface area (Å²) in [5.74, 6) is 2.47. The second-order valence-electron chi connectivity index (χ2n) is 6.68. The van der Waals surface area contributed by atoms with Gasteiger partial charge >= 0.3 is 0 Å². The van der Waals surface area contributed by atoms with Gasteiger partial charge in [0.05, 0.1) is 27.2 Å². The van der Waals surface area contributed by atoms with Crippen molar-refractivity contribution in [2.45, 2.75) is 26.3 Å². The summed E-state index contributed by atoms with van der Waals surface area (Å²) in [5.41, 5.74) is 0.395. The largest absolute Gasteiger partial charge is 0.493 e. The summed E-state index contributed by atoms with van der Waals surface area (Å²) in [6, 6.07) is 2.75. The van der Waals surface area contributed by atoms with Crippen molar-refractivity contribution in [2.24, 2.45) is 5.92 Å². The molecule has 0 aliphatic carbocycles. The molecule has 0 bridgehead atoms. The van der Waals surface area contributed by atoms with Gasteiger partial charge in [0.15, 0.2) is 11.5 Å². The molecule has 0 saturated carbocycles. The molecule has 1 heterocycles. The lowest BCUT2D eigenvalue weighted by atomic mass is 10.1. The fourth-order valence-corrected chi connectivity index (χ4v) is 3.99. The van der Waals surface area contributed by atoms with E-state index in [-0.39, 0.29) is 11.8 Å². The minimum atomic E-state index is -0.478. The van der Waals surface area contributed by atoms with Crippen LogP contribution in [0, 0.1) is 5.92 Å². The fourth-order valence-electron chi connectivity index (χ4n) is 2.83. The van der Waals surface area contributed by atoms with Crippen LogP contribution in [0.15, 0.2) is 12.1 Å². The molecule has 1 aromatic carbocycles. The zero-order valence-electron chi connectivity index (χ0n) is 16.5. The van der Waals surface area contributed by atoms with Crippen LogP contribution in [-0.2, 0) is 4.79 Å². The van der Waals surface area contributed by atoms with Crippen molar-refractivity contribution in [3.8, 4) is 17.2 Å². The Morgan fingerprint density at radius 1 is 1.19 bits per heavy atom. The number of nitrogens with one attached hydrogen (secondary N) is 1. The number of carbonyl (C=O) groups is 2. The SMILES string of the molecule is COc1cc(C(=O)N2CSC[C@@H]2C(=O)NCCC(C)C)cc(OC)c1OC. The summed E-state index contributed by atoms with van der Waals surface area (Å²) in [6.07, 6.45) is 0.909. The third kappa shape index (κ3) is 5.00. The second kappa shape index (κ2) is 9.73. The first-order valence-corrected chi connectivity index (χ1v) is 10.0. The van der Waals surface area contributed by atoms with Crippen LogP contribution in [0.3, 0.4) is 0 Å². The molecular weight excluding hydrogens is 368 g/mol. The quantitative estimate of drug-likeness (QED) is 0.727. The van der Waals surface area contributed by atoms with E-state index in [4.69, 9.17) is 14.2 Å². The van der Waals surface area contributed by atoms with Crippen LogP contribution in [0.5, 0.6) is 17.2 Å². The molecule has 8 heteroatoms. The van der Waals surface area contributed by atoms with Crippen molar-refractivity contribution in [3.63, 3.8) is 0 Å². The first-order chi connectivity index (χ1) is 12.9. The lowest BCUT2D eigenvalue weighted by molar-refractivity contribution is -0.124. The molecule has 2 rings (SSSR count). The fraction of sp³-hybridized carbons (Fsp3) is 0.579. The van der Waals surface area contributed by atoms with Gasteiger partial charge in [-0.3, -0.25) is 9.59 Å². The van der Waals surface area contributed by atoms with Crippen molar-refractivity contribution in [1.82, 2.24) is 10.2 Å². The number of hydrogen-bond donors (Lipinski definition) is 1. The molecule has 1 fully saturated rings. The summed E-state index contributed by atoms with van der Waals surface area (Å²) in [4.78, 5) is 27.2. The predicted octanol–water partition coefficient (Wildman–Crippen LogP) is 2.39. The van der Waals surface area contributed by atoms with Crippen LogP contribution >= 0.6 is 11.8 Å². The zero-order valence-corrected chi connectivity index (χ0v) is 17.4. The highest BCUT2D eigenvalue weighted by molar-refractivity contribution is 7.99. The third-order valence-corrected chi connectivity index (χ3v) is 5.39. The van der Waals surface area contributed by atoms with Crippen molar-refractivity contribution in [2.75, 3.05) is 39.5 Å². The first-order valence-electron chi connectivity index (χ1n) is 8.89. The van der Waals surface area contributed by atoms with Gasteiger partial charge in [0.1, 0.15) is 6.04 Å². The first kappa shape index (κ1) is 21.2. The van der Waals surface area contributed by atoms with Crippen LogP contribution in [0.25, 0.3) is 0 Å². The predicted molar refractivity (Wildman–Crippen MR) is 106 cm³/mol. The Morgan fingerprint density at radius 2 is 1.81 bits per heavy atom. The van der Waals surface area contributed by atoms with Gasteiger partial charge in [0.25, 0.3) is 5.91 Å². The molecule has 0 spiro atoms. The van der Waals surface area contributed by atoms with Gasteiger partial charge in [0.2, 0.25) is 11.7 Å². The number of nitrogens with zero attached hydrogens (tertiary/aromatic N) is 1. The van der Waals surface area contributed by atoms with Crippen molar-refractivity contribution < 1.29 is 23.8 Å². The van der Waals surface area contributed by atoms with E-state index >= 15 is 0 Å². The van der Waals surface area contributed by atoms with E-state index in [9.17, 15) is 9.59 Å². The Morgan fingerprint density at radius 3 is 2.33 bits per heavy atom. The number of carbonyl (C=O) groups excluding carboxylic acids is 2. The van der Waals surface area contributed by atoms with E-state index in [0.29, 0.717) is 46.9 Å². The van der Waals surface area contributed by atoms with Crippen LogP contribution in [0.2, 0.25) is 0 Å². The van der Waals surface area contributed by atoms with Gasteiger partial charge in [-0.15, -0.1) is 11.8 Å². The number of hydrogen-bond acceptors (Lipinski definition) is 6. The maximum atomic E-state index is 13.1. The van der Waals surface area contributed by atoms with Crippen LogP contribution in [0.1, 0.15) is 30.6 Å². The highest BCUT2D eigenvalue weighted by atomic mass is 32.2. The summed E-state index contributed by atoms with van der Waals surface area (Å²) in [5, 5.41) is 2.94. The molecule has 1 N–H and O–H groups in total. The lowest BCUT2D eigenvalue weighted by Gasteiger charge is -2.24. The van der Waals surface area contributed by atoms with E-state index < -0.39 is 6.04 Å². The van der Waals surface area contributed by atoms with E-state index in [2.05, 4.69) is 19.2 Å². The Bertz CT molecular complexity index is 655. The summed E-state index contributed by atoms with van der Waals surface area (Å²) < 4.78 is 15.9. The Hall–Kier alpha value is -2.09. The molecule has 2 amide bonds. The number of benzene rings is 1. The van der Waals surface area contributed by atoms with Crippen LogP contribution in [0.4, 0.5) is 0 Å². The molecule has 1 aliphatic heterocycles. The van der Waals surface area contributed by atoms with Gasteiger partial charge in [-0.25, -0.2) is 0 Å². The highest BCUT2D eigenvalue weighted by Gasteiger charge is 2.35. The normalized spacial score (nSPS) is 16.4. The number of thioether (sulfide) groups is 1. The number of rotatable bonds is 8. The topological polar surface area (TPSA) is 77.1 Å². The lowest BCUT2D eigenvalue weighted by Crippen LogP contribution is -2.47. The van der Waals surface area contributed by atoms with Gasteiger partial charge < -0.3 is 24.4 Å². The van der Waals surface area contributed by atoms with Gasteiger partial charge in [0, 0.05) is 17.9 Å².